The molecule has 0 saturated heterocycles. The van der Waals surface area contributed by atoms with Gasteiger partial charge in [-0.1, -0.05) is 65.5 Å². The number of aliphatic hydroxyl groups excluding tert-OH is 1. The molecule has 1 N–H and O–H groups in total. The van der Waals surface area contributed by atoms with E-state index in [1.807, 2.05) is 6.92 Å². The van der Waals surface area contributed by atoms with Crippen LogP contribution in [0.3, 0.4) is 0 Å². The van der Waals surface area contributed by atoms with Crippen LogP contribution in [0.5, 0.6) is 0 Å². The maximum Gasteiger partial charge on any atom is 0.0543 e. The number of hydrogen-bond donors (Lipinski definition) is 1. The molecule has 0 radical (unpaired) electrons. The lowest BCUT2D eigenvalue weighted by molar-refractivity contribution is -0.0427. The second-order valence-corrected chi connectivity index (χ2v) is 11.4. The number of fused-ring (bicyclic) bond motifs is 5. The molecule has 3 fully saturated rings. The summed E-state index contributed by atoms with van der Waals surface area (Å²) in [6.45, 7) is 11.6. The molecule has 0 spiro atoms. The zero-order valence-electron chi connectivity index (χ0n) is 22.9. The quantitative estimate of drug-likeness (QED) is 0.485. The van der Waals surface area contributed by atoms with Gasteiger partial charge in [-0.25, -0.2) is 0 Å². The van der Waals surface area contributed by atoms with Gasteiger partial charge in [-0.05, 0) is 97.6 Å². The minimum atomic E-state index is -1.18. The highest BCUT2D eigenvalue weighted by Gasteiger charge is 2.58. The third kappa shape index (κ3) is 3.42. The molecule has 0 heterocycles. The van der Waals surface area contributed by atoms with E-state index in [1.54, 1.807) is 0 Å². The zero-order valence-corrected chi connectivity index (χ0v) is 18.9. The first-order valence-corrected chi connectivity index (χ1v) is 12.0. The summed E-state index contributed by atoms with van der Waals surface area (Å²) in [5.41, 5.74) is 0.864. The van der Waals surface area contributed by atoms with Gasteiger partial charge in [0, 0.05) is 5.48 Å². The van der Waals surface area contributed by atoms with Gasteiger partial charge < -0.3 is 5.11 Å². The predicted octanol–water partition coefficient (Wildman–Crippen LogP) is 7.39. The fraction of sp³-hybridized carbons (Fsp3) is 0.926. The SMILES string of the molecule is [2H]C1C([2H])[C@]2(C)[C@H]3CC[C@]4(C)[C@@H]([C@H](C)CCCC(C)C)CC[C@H]4C3=C[C@@H]([2H])[C@@]2([2H])C[C@H]1O. The van der Waals surface area contributed by atoms with Crippen molar-refractivity contribution in [1.29, 1.82) is 0 Å². The average molecular weight is 391 g/mol. The molecule has 0 aromatic carbocycles. The smallest absolute Gasteiger partial charge is 0.0543 e. The van der Waals surface area contributed by atoms with Gasteiger partial charge >= 0.3 is 0 Å². The van der Waals surface area contributed by atoms with Crippen LogP contribution >= 0.6 is 0 Å². The normalized spacial score (nSPS) is 59.1. The summed E-state index contributed by atoms with van der Waals surface area (Å²) in [5.74, 6) is 1.58. The van der Waals surface area contributed by atoms with Crippen LogP contribution < -0.4 is 0 Å². The molecule has 2 unspecified atom stereocenters. The molecule has 0 amide bonds. The molecule has 28 heavy (non-hydrogen) atoms. The van der Waals surface area contributed by atoms with E-state index in [4.69, 9.17) is 4.11 Å². The molecule has 11 atom stereocenters. The maximum atomic E-state index is 10.4. The molecule has 0 aromatic rings. The minimum Gasteiger partial charge on any atom is -0.393 e. The summed E-state index contributed by atoms with van der Waals surface area (Å²) in [5, 5.41) is 10.4. The van der Waals surface area contributed by atoms with Crippen molar-refractivity contribution in [1.82, 2.24) is 0 Å². The van der Waals surface area contributed by atoms with Crippen LogP contribution in [0.4, 0.5) is 0 Å². The zero-order chi connectivity index (χ0) is 23.6. The molecule has 160 valence electrons. The molecule has 3 saturated carbocycles. The van der Waals surface area contributed by atoms with Gasteiger partial charge in [0.1, 0.15) is 0 Å². The van der Waals surface area contributed by atoms with Crippen molar-refractivity contribution in [3.63, 3.8) is 0 Å². The Kier molecular flexibility index (Phi) is 4.54. The van der Waals surface area contributed by atoms with Crippen molar-refractivity contribution < 1.29 is 10.6 Å². The Morgan fingerprint density at radius 1 is 1.14 bits per heavy atom. The van der Waals surface area contributed by atoms with Gasteiger partial charge in [-0.3, -0.25) is 0 Å². The third-order valence-corrected chi connectivity index (χ3v) is 9.30. The molecular weight excluding hydrogens is 340 g/mol. The van der Waals surface area contributed by atoms with Crippen molar-refractivity contribution >= 4 is 0 Å². The van der Waals surface area contributed by atoms with E-state index in [0.29, 0.717) is 17.8 Å². The van der Waals surface area contributed by atoms with Gasteiger partial charge in [0.25, 0.3) is 0 Å². The van der Waals surface area contributed by atoms with E-state index in [0.717, 1.165) is 18.8 Å². The number of aliphatic hydroxyl groups is 1. The first-order valence-electron chi connectivity index (χ1n) is 14.3. The summed E-state index contributed by atoms with van der Waals surface area (Å²) in [7, 11) is 0. The van der Waals surface area contributed by atoms with Crippen molar-refractivity contribution in [2.75, 3.05) is 0 Å². The minimum absolute atomic E-state index is 0.109. The molecule has 4 aliphatic carbocycles. The van der Waals surface area contributed by atoms with Gasteiger partial charge in [-0.2, -0.15) is 0 Å². The Balaban J connectivity index is 1.63. The van der Waals surface area contributed by atoms with E-state index in [-0.39, 0.29) is 17.8 Å². The molecule has 0 bridgehead atoms. The van der Waals surface area contributed by atoms with Crippen molar-refractivity contribution in [3.05, 3.63) is 11.6 Å². The topological polar surface area (TPSA) is 20.2 Å². The van der Waals surface area contributed by atoms with E-state index in [9.17, 15) is 6.48 Å². The fourth-order valence-electron chi connectivity index (χ4n) is 7.61. The third-order valence-electron chi connectivity index (χ3n) is 9.30. The van der Waals surface area contributed by atoms with Crippen LogP contribution in [0, 0.1) is 46.3 Å². The van der Waals surface area contributed by atoms with Gasteiger partial charge in [0.05, 0.1) is 6.10 Å². The lowest BCUT2D eigenvalue weighted by atomic mass is 9.47. The molecule has 0 aliphatic heterocycles. The van der Waals surface area contributed by atoms with E-state index in [1.165, 1.54) is 37.7 Å². The van der Waals surface area contributed by atoms with Crippen LogP contribution in [0.15, 0.2) is 11.6 Å². The predicted molar refractivity (Wildman–Crippen MR) is 119 cm³/mol. The molecule has 4 rings (SSSR count). The monoisotopic (exact) mass is 390 g/mol. The highest BCUT2D eigenvalue weighted by Crippen LogP contribution is 2.66. The molecule has 0 aromatic heterocycles. The van der Waals surface area contributed by atoms with Crippen molar-refractivity contribution in [3.8, 4) is 0 Å². The van der Waals surface area contributed by atoms with Crippen LogP contribution in [0.1, 0.15) is 111 Å². The first-order chi connectivity index (χ1) is 14.9. The number of hydrogen-bond acceptors (Lipinski definition) is 1. The lowest BCUT2D eigenvalue weighted by Gasteiger charge is -2.57. The Morgan fingerprint density at radius 2 is 1.89 bits per heavy atom. The Bertz CT molecular complexity index is 739. The summed E-state index contributed by atoms with van der Waals surface area (Å²) < 4.78 is 35.7. The lowest BCUT2D eigenvalue weighted by Crippen LogP contribution is -2.49. The number of allylic oxidation sites excluding steroid dienone is 2. The Morgan fingerprint density at radius 3 is 2.64 bits per heavy atom. The van der Waals surface area contributed by atoms with Crippen LogP contribution in [-0.2, 0) is 0 Å². The van der Waals surface area contributed by atoms with Crippen LogP contribution in [0.25, 0.3) is 0 Å². The second-order valence-electron chi connectivity index (χ2n) is 11.4. The molecule has 1 nitrogen and oxygen atoms in total. The second kappa shape index (κ2) is 7.75. The fourth-order valence-corrected chi connectivity index (χ4v) is 7.61. The summed E-state index contributed by atoms with van der Waals surface area (Å²) in [6, 6.07) is 0. The summed E-state index contributed by atoms with van der Waals surface area (Å²) in [6.07, 6.45) is 7.28. The van der Waals surface area contributed by atoms with E-state index < -0.39 is 36.6 Å². The molecular formula is C27H46O. The van der Waals surface area contributed by atoms with Crippen LogP contribution in [-0.4, -0.2) is 11.2 Å². The average Bonchev–Trinajstić information content (AvgIpc) is 3.07. The van der Waals surface area contributed by atoms with Gasteiger partial charge in [-0.15, -0.1) is 0 Å². The van der Waals surface area contributed by atoms with E-state index in [2.05, 4.69) is 33.8 Å². The van der Waals surface area contributed by atoms with Gasteiger partial charge in [0.15, 0.2) is 0 Å². The highest BCUT2D eigenvalue weighted by molar-refractivity contribution is 5.27. The van der Waals surface area contributed by atoms with Crippen LogP contribution in [0.2, 0.25) is 0 Å². The van der Waals surface area contributed by atoms with E-state index >= 15 is 0 Å². The largest absolute Gasteiger partial charge is 0.393 e. The summed E-state index contributed by atoms with van der Waals surface area (Å²) >= 11 is 0. The van der Waals surface area contributed by atoms with Gasteiger partial charge in [0.2, 0.25) is 0 Å². The molecule has 4 aliphatic rings. The standard InChI is InChI=1S/C27H46O/c1-18(2)7-6-8-19(3)23-11-12-24-22-10-9-20-17-21(28)13-15-26(20,4)25(22)14-16-27(23,24)5/h10,18-21,23-25,28H,6-9,11-17H2,1-5H3/t19-,20+,21+,23-,24+,25+,26+,27-/m1/s1/i9D,13D,15D,20D/t9-,13?,15?,19-,20+,21+,23-,24+,25+,26+,27-. The Hall–Kier alpha value is -0.300. The molecule has 1 heteroatoms. The Labute approximate surface area is 180 Å². The maximum absolute atomic E-state index is 10.4. The first kappa shape index (κ1) is 16.4. The van der Waals surface area contributed by atoms with Crippen molar-refractivity contribution in [2.45, 2.75) is 111 Å². The highest BCUT2D eigenvalue weighted by atomic mass is 16.3. The number of rotatable bonds is 5. The summed E-state index contributed by atoms with van der Waals surface area (Å²) in [4.78, 5) is 0. The van der Waals surface area contributed by atoms with Crippen molar-refractivity contribution in [2.24, 2.45) is 46.3 Å².